The molecule has 4 aromatic rings. The molecule has 0 saturated carbocycles. The third-order valence-corrected chi connectivity index (χ3v) is 6.48. The largest absolute Gasteiger partial charge is 0.355 e. The van der Waals surface area contributed by atoms with Gasteiger partial charge in [-0.05, 0) is 61.0 Å². The molecule has 2 heterocycles. The van der Waals surface area contributed by atoms with Gasteiger partial charge < -0.3 is 15.2 Å². The molecule has 11 heteroatoms. The Bertz CT molecular complexity index is 1450. The van der Waals surface area contributed by atoms with Gasteiger partial charge in [0.25, 0.3) is 5.91 Å². The third-order valence-electron chi connectivity index (χ3n) is 5.19. The lowest BCUT2D eigenvalue weighted by molar-refractivity contribution is 0.0963. The number of rotatable bonds is 8. The predicted molar refractivity (Wildman–Crippen MR) is 129 cm³/mol. The Morgan fingerprint density at radius 3 is 2.59 bits per heavy atom. The van der Waals surface area contributed by atoms with Gasteiger partial charge in [-0.2, -0.15) is 4.98 Å². The number of aromatic nitrogens is 3. The van der Waals surface area contributed by atoms with Crippen LogP contribution < -0.4 is 15.4 Å². The highest BCUT2D eigenvalue weighted by Gasteiger charge is 2.14. The number of sulfonamides is 1. The second-order valence-corrected chi connectivity index (χ2v) is 9.52. The van der Waals surface area contributed by atoms with Gasteiger partial charge in [0.05, 0.1) is 18.0 Å². The van der Waals surface area contributed by atoms with E-state index in [-0.39, 0.29) is 18.2 Å². The summed E-state index contributed by atoms with van der Waals surface area (Å²) in [7, 11) is -1.96. The molecule has 0 bridgehead atoms. The van der Waals surface area contributed by atoms with Gasteiger partial charge >= 0.3 is 0 Å². The molecule has 0 unspecified atom stereocenters. The molecule has 1 amide bonds. The molecular weight excluding hydrogens is 459 g/mol. The lowest BCUT2D eigenvalue weighted by atomic mass is 10.2. The molecule has 3 N–H and O–H groups in total. The van der Waals surface area contributed by atoms with E-state index in [9.17, 15) is 17.6 Å². The first kappa shape index (κ1) is 23.2. The first-order chi connectivity index (χ1) is 16.3. The molecule has 0 aliphatic heterocycles. The van der Waals surface area contributed by atoms with Gasteiger partial charge in [0.2, 0.25) is 16.0 Å². The molecule has 0 aliphatic carbocycles. The van der Waals surface area contributed by atoms with E-state index in [4.69, 9.17) is 0 Å². The van der Waals surface area contributed by atoms with E-state index in [0.29, 0.717) is 34.1 Å². The van der Waals surface area contributed by atoms with Crippen LogP contribution in [0.1, 0.15) is 22.8 Å². The zero-order valence-corrected chi connectivity index (χ0v) is 19.4. The average Bonchev–Trinajstić information content (AvgIpc) is 3.22. The van der Waals surface area contributed by atoms with Crippen molar-refractivity contribution in [2.75, 3.05) is 22.8 Å². The zero-order chi connectivity index (χ0) is 24.3. The van der Waals surface area contributed by atoms with Gasteiger partial charge in [0.15, 0.2) is 0 Å². The summed E-state index contributed by atoms with van der Waals surface area (Å²) in [5.41, 5.74) is 2.60. The van der Waals surface area contributed by atoms with Crippen molar-refractivity contribution >= 4 is 44.3 Å². The Hall–Kier alpha value is -3.99. The van der Waals surface area contributed by atoms with Crippen LogP contribution in [-0.4, -0.2) is 41.7 Å². The average molecular weight is 483 g/mol. The summed E-state index contributed by atoms with van der Waals surface area (Å²) < 4.78 is 42.4. The van der Waals surface area contributed by atoms with Crippen LogP contribution in [0.2, 0.25) is 0 Å². The minimum Gasteiger partial charge on any atom is -0.355 e. The van der Waals surface area contributed by atoms with Crippen molar-refractivity contribution < 1.29 is 17.6 Å². The maximum absolute atomic E-state index is 14.0. The number of hydrogen-bond acceptors (Lipinski definition) is 6. The van der Waals surface area contributed by atoms with E-state index in [2.05, 4.69) is 25.3 Å². The number of amides is 1. The molecule has 0 spiro atoms. The van der Waals surface area contributed by atoms with Gasteiger partial charge in [-0.25, -0.2) is 17.8 Å². The van der Waals surface area contributed by atoms with Crippen LogP contribution in [0.3, 0.4) is 0 Å². The van der Waals surface area contributed by atoms with Crippen molar-refractivity contribution in [3.8, 4) is 0 Å². The summed E-state index contributed by atoms with van der Waals surface area (Å²) in [4.78, 5) is 20.6. The number of anilines is 3. The number of fused-ring (bicyclic) bond motifs is 1. The second kappa shape index (κ2) is 9.48. The molecule has 4 rings (SSSR count). The van der Waals surface area contributed by atoms with Crippen LogP contribution in [0.4, 0.5) is 21.7 Å². The minimum atomic E-state index is -3.52. The molecule has 2 aromatic carbocycles. The summed E-state index contributed by atoms with van der Waals surface area (Å²) in [6.45, 7) is 1.72. The highest BCUT2D eigenvalue weighted by Crippen LogP contribution is 2.23. The normalized spacial score (nSPS) is 11.4. The number of carbonyl (C=O) groups is 1. The Balaban J connectivity index is 1.61. The van der Waals surface area contributed by atoms with Gasteiger partial charge in [-0.15, -0.1) is 0 Å². The van der Waals surface area contributed by atoms with Crippen LogP contribution in [0.15, 0.2) is 60.9 Å². The lowest BCUT2D eigenvalue weighted by Gasteiger charge is -2.13. The van der Waals surface area contributed by atoms with Crippen LogP contribution in [0, 0.1) is 5.82 Å². The molecule has 176 valence electrons. The number of halogens is 1. The minimum absolute atomic E-state index is 0.0946. The molecule has 9 nitrogen and oxygen atoms in total. The van der Waals surface area contributed by atoms with Crippen molar-refractivity contribution in [1.29, 1.82) is 0 Å². The van der Waals surface area contributed by atoms with Crippen molar-refractivity contribution in [2.24, 2.45) is 0 Å². The number of hydrogen-bond donors (Lipinski definition) is 3. The highest BCUT2D eigenvalue weighted by molar-refractivity contribution is 7.92. The van der Waals surface area contributed by atoms with Crippen molar-refractivity contribution in [1.82, 2.24) is 19.9 Å². The number of benzene rings is 2. The van der Waals surface area contributed by atoms with E-state index in [1.165, 1.54) is 25.1 Å². The summed E-state index contributed by atoms with van der Waals surface area (Å²) >= 11 is 0. The monoisotopic (exact) mass is 482 g/mol. The van der Waals surface area contributed by atoms with Gasteiger partial charge in [-0.1, -0.05) is 0 Å². The standard InChI is InChI=1S/C23H23FN6O3S/c1-3-34(32,33)29-20-9-6-18(24)12-17(20)14-30-11-10-16-13-26-23(28-21(16)30)27-19-7-4-15(5-8-19)22(31)25-2/h4-13,29H,3,14H2,1-2H3,(H,25,31)(H,26,27,28). The Kier molecular flexibility index (Phi) is 6.46. The molecular formula is C23H23FN6O3S. The van der Waals surface area contributed by atoms with Gasteiger partial charge in [-0.3, -0.25) is 9.52 Å². The molecule has 0 aliphatic rings. The van der Waals surface area contributed by atoms with Crippen LogP contribution in [-0.2, 0) is 16.6 Å². The maximum Gasteiger partial charge on any atom is 0.251 e. The number of nitrogens with zero attached hydrogens (tertiary/aromatic N) is 3. The Morgan fingerprint density at radius 1 is 1.12 bits per heavy atom. The van der Waals surface area contributed by atoms with E-state index < -0.39 is 15.8 Å². The summed E-state index contributed by atoms with van der Waals surface area (Å²) in [6.07, 6.45) is 3.44. The van der Waals surface area contributed by atoms with E-state index in [1.807, 2.05) is 6.07 Å². The lowest BCUT2D eigenvalue weighted by Crippen LogP contribution is -2.17. The number of carbonyl (C=O) groups excluding carboxylic acids is 1. The van der Waals surface area contributed by atoms with Crippen LogP contribution >= 0.6 is 0 Å². The molecule has 0 saturated heterocycles. The zero-order valence-electron chi connectivity index (χ0n) is 18.5. The fraction of sp³-hybridized carbons (Fsp3) is 0.174. The Morgan fingerprint density at radius 2 is 1.88 bits per heavy atom. The van der Waals surface area contributed by atoms with Crippen molar-refractivity contribution in [2.45, 2.75) is 13.5 Å². The summed E-state index contributed by atoms with van der Waals surface area (Å²) in [6, 6.07) is 12.6. The fourth-order valence-electron chi connectivity index (χ4n) is 3.35. The topological polar surface area (TPSA) is 118 Å². The number of nitrogens with one attached hydrogen (secondary N) is 3. The van der Waals surface area contributed by atoms with Crippen LogP contribution in [0.25, 0.3) is 11.0 Å². The van der Waals surface area contributed by atoms with E-state index in [1.54, 1.807) is 48.3 Å². The van der Waals surface area contributed by atoms with Crippen LogP contribution in [0.5, 0.6) is 0 Å². The van der Waals surface area contributed by atoms with E-state index in [0.717, 1.165) is 5.39 Å². The smallest absolute Gasteiger partial charge is 0.251 e. The first-order valence-corrected chi connectivity index (χ1v) is 12.1. The second-order valence-electron chi connectivity index (χ2n) is 7.50. The third kappa shape index (κ3) is 5.15. The summed E-state index contributed by atoms with van der Waals surface area (Å²) in [5, 5.41) is 6.44. The molecule has 0 atom stereocenters. The van der Waals surface area contributed by atoms with Crippen molar-refractivity contribution in [3.63, 3.8) is 0 Å². The highest BCUT2D eigenvalue weighted by atomic mass is 32.2. The van der Waals surface area contributed by atoms with Crippen molar-refractivity contribution in [3.05, 3.63) is 77.9 Å². The van der Waals surface area contributed by atoms with E-state index >= 15 is 0 Å². The van der Waals surface area contributed by atoms with Gasteiger partial charge in [0.1, 0.15) is 11.5 Å². The quantitative estimate of drug-likeness (QED) is 0.354. The molecule has 2 aromatic heterocycles. The molecule has 0 radical (unpaired) electrons. The molecule has 34 heavy (non-hydrogen) atoms. The Labute approximate surface area is 196 Å². The SMILES string of the molecule is CCS(=O)(=O)Nc1ccc(F)cc1Cn1ccc2cnc(Nc3ccc(C(=O)NC)cc3)nc21. The fourth-order valence-corrected chi connectivity index (χ4v) is 4.03. The van der Waals surface area contributed by atoms with Gasteiger partial charge in [0, 0.05) is 36.1 Å². The summed E-state index contributed by atoms with van der Waals surface area (Å²) in [5.74, 6) is -0.405. The maximum atomic E-state index is 14.0. The first-order valence-electron chi connectivity index (χ1n) is 10.5. The predicted octanol–water partition coefficient (Wildman–Crippen LogP) is 3.48. The molecule has 0 fully saturated rings.